The molecule has 0 aliphatic carbocycles. The smallest absolute Gasteiger partial charge is 0.154 e. The number of anilines is 4. The van der Waals surface area contributed by atoms with Crippen LogP contribution in [0.3, 0.4) is 0 Å². The van der Waals surface area contributed by atoms with Crippen LogP contribution >= 0.6 is 0 Å². The minimum Gasteiger partial charge on any atom is -0.369 e. The van der Waals surface area contributed by atoms with E-state index in [9.17, 15) is 0 Å². The topological polar surface area (TPSA) is 154 Å². The summed E-state index contributed by atoms with van der Waals surface area (Å²) in [7, 11) is 0. The van der Waals surface area contributed by atoms with E-state index in [0.29, 0.717) is 29.9 Å². The van der Waals surface area contributed by atoms with Gasteiger partial charge < -0.3 is 20.7 Å². The summed E-state index contributed by atoms with van der Waals surface area (Å²) in [6.45, 7) is 6.18. The number of benzene rings is 2. The van der Waals surface area contributed by atoms with Crippen LogP contribution in [0.25, 0.3) is 24.3 Å². The highest BCUT2D eigenvalue weighted by molar-refractivity contribution is 5.68. The summed E-state index contributed by atoms with van der Waals surface area (Å²) in [4.78, 5) is 18.0. The molecule has 12 nitrogen and oxygen atoms in total. The first-order valence-electron chi connectivity index (χ1n) is 15.6. The van der Waals surface area contributed by atoms with Gasteiger partial charge in [0, 0.05) is 48.9 Å². The third kappa shape index (κ3) is 9.52. The number of aromatic amines is 2. The standard InChI is InChI=1S/C20H22N6O.C16H15N5/c1-14-11-20(26-25-14)24-19-12-16(17-13-21-9-10-27-17)22-18(23-19)8-7-15-5-3-2-4-6-15;1-12-11-16(21-20-12)19-15-9-10-17-14(18-15)8-7-13-5-3-2-4-6-13/h2-8,11-12,17,21H,9-10,13H2,1H3,(H2,22,23,24,25,26);2-11H,1H3,(H2,17,18,19,20,21)/b2*8-7+. The predicted molar refractivity (Wildman–Crippen MR) is 190 cm³/mol. The average Bonchev–Trinajstić information content (AvgIpc) is 3.74. The van der Waals surface area contributed by atoms with Crippen molar-refractivity contribution in [1.82, 2.24) is 45.6 Å². The quantitative estimate of drug-likeness (QED) is 0.118. The summed E-state index contributed by atoms with van der Waals surface area (Å²) in [6, 6.07) is 27.7. The minimum absolute atomic E-state index is 0.0907. The second-order valence-electron chi connectivity index (χ2n) is 11.0. The van der Waals surface area contributed by atoms with Crippen molar-refractivity contribution in [3.63, 3.8) is 0 Å². The van der Waals surface area contributed by atoms with Gasteiger partial charge in [-0.2, -0.15) is 10.2 Å². The normalized spacial score (nSPS) is 14.5. The fourth-order valence-corrected chi connectivity index (χ4v) is 4.76. The van der Waals surface area contributed by atoms with Gasteiger partial charge in [0.15, 0.2) is 23.3 Å². The lowest BCUT2D eigenvalue weighted by Gasteiger charge is -2.23. The third-order valence-corrected chi connectivity index (χ3v) is 7.07. The van der Waals surface area contributed by atoms with Crippen molar-refractivity contribution in [3.8, 4) is 0 Å². The third-order valence-electron chi connectivity index (χ3n) is 7.07. The molecule has 12 heteroatoms. The predicted octanol–water partition coefficient (Wildman–Crippen LogP) is 6.51. The molecular weight excluding hydrogens is 602 g/mol. The zero-order valence-electron chi connectivity index (χ0n) is 26.8. The Morgan fingerprint density at radius 1 is 0.667 bits per heavy atom. The number of nitrogens with one attached hydrogen (secondary N) is 5. The molecule has 1 saturated heterocycles. The van der Waals surface area contributed by atoms with Crippen LogP contribution < -0.4 is 16.0 Å². The van der Waals surface area contributed by atoms with Crippen molar-refractivity contribution in [2.75, 3.05) is 30.3 Å². The summed E-state index contributed by atoms with van der Waals surface area (Å²) in [5, 5.41) is 23.9. The van der Waals surface area contributed by atoms with Crippen LogP contribution in [0.1, 0.15) is 46.0 Å². The van der Waals surface area contributed by atoms with Crippen molar-refractivity contribution in [1.29, 1.82) is 0 Å². The Bertz CT molecular complexity index is 1950. The number of H-pyrrole nitrogens is 2. The van der Waals surface area contributed by atoms with E-state index in [1.54, 1.807) is 6.20 Å². The second kappa shape index (κ2) is 16.0. The molecule has 6 aromatic rings. The molecule has 0 bridgehead atoms. The number of nitrogens with zero attached hydrogens (tertiary/aromatic N) is 6. The van der Waals surface area contributed by atoms with Gasteiger partial charge in [-0.25, -0.2) is 19.9 Å². The van der Waals surface area contributed by atoms with Crippen molar-refractivity contribution in [2.45, 2.75) is 20.0 Å². The molecule has 1 aliphatic rings. The molecule has 1 aliphatic heterocycles. The van der Waals surface area contributed by atoms with Gasteiger partial charge >= 0.3 is 0 Å². The van der Waals surface area contributed by atoms with Gasteiger partial charge in [-0.1, -0.05) is 72.8 Å². The second-order valence-corrected chi connectivity index (χ2v) is 11.0. The van der Waals surface area contributed by atoms with Gasteiger partial charge in [0.1, 0.15) is 17.7 Å². The Kier molecular flexibility index (Phi) is 10.7. The molecule has 0 amide bonds. The Morgan fingerprint density at radius 3 is 1.85 bits per heavy atom. The SMILES string of the molecule is Cc1cc(Nc2cc(C3CNCCO3)nc(/C=C/c3ccccc3)n2)n[nH]1.Cc1cc(Nc2ccnc(/C=C/c3ccccc3)n2)n[nH]1. The van der Waals surface area contributed by atoms with Gasteiger partial charge in [0.05, 0.1) is 12.3 Å². The number of aromatic nitrogens is 8. The molecule has 1 fully saturated rings. The fraction of sp³-hybridized carbons (Fsp3) is 0.167. The minimum atomic E-state index is -0.0907. The summed E-state index contributed by atoms with van der Waals surface area (Å²) in [6.07, 6.45) is 9.41. The van der Waals surface area contributed by atoms with Crippen molar-refractivity contribution < 1.29 is 4.74 Å². The van der Waals surface area contributed by atoms with E-state index in [-0.39, 0.29) is 6.10 Å². The van der Waals surface area contributed by atoms with Crippen LogP contribution in [0.15, 0.2) is 91.1 Å². The number of hydrogen-bond acceptors (Lipinski definition) is 10. The molecule has 5 N–H and O–H groups in total. The molecule has 0 spiro atoms. The first kappa shape index (κ1) is 32.0. The average molecular weight is 640 g/mol. The van der Waals surface area contributed by atoms with Crippen LogP contribution in [0, 0.1) is 13.8 Å². The Balaban J connectivity index is 0.000000173. The molecule has 1 unspecified atom stereocenters. The first-order chi connectivity index (χ1) is 23.6. The molecule has 7 rings (SSSR count). The van der Waals surface area contributed by atoms with Gasteiger partial charge in [-0.05, 0) is 43.2 Å². The molecule has 0 saturated carbocycles. The van der Waals surface area contributed by atoms with E-state index in [4.69, 9.17) is 4.74 Å². The van der Waals surface area contributed by atoms with Crippen LogP contribution in [0.4, 0.5) is 23.3 Å². The maximum Gasteiger partial charge on any atom is 0.154 e. The fourth-order valence-electron chi connectivity index (χ4n) is 4.76. The summed E-state index contributed by atoms with van der Waals surface area (Å²) >= 11 is 0. The number of ether oxygens (including phenoxy) is 1. The van der Waals surface area contributed by atoms with Gasteiger partial charge in [-0.3, -0.25) is 10.2 Å². The van der Waals surface area contributed by atoms with Crippen LogP contribution in [0.5, 0.6) is 0 Å². The molecule has 48 heavy (non-hydrogen) atoms. The molecular formula is C36H37N11O. The summed E-state index contributed by atoms with van der Waals surface area (Å²) in [5.41, 5.74) is 5.04. The monoisotopic (exact) mass is 639 g/mol. The molecule has 5 heterocycles. The maximum atomic E-state index is 5.86. The molecule has 2 aromatic carbocycles. The Morgan fingerprint density at radius 2 is 1.27 bits per heavy atom. The highest BCUT2D eigenvalue weighted by Crippen LogP contribution is 2.22. The summed E-state index contributed by atoms with van der Waals surface area (Å²) < 4.78 is 5.86. The zero-order chi connectivity index (χ0) is 33.0. The number of morpholine rings is 1. The van der Waals surface area contributed by atoms with Gasteiger partial charge in [-0.15, -0.1) is 0 Å². The van der Waals surface area contributed by atoms with Crippen molar-refractivity contribution in [3.05, 3.63) is 131 Å². The number of hydrogen-bond donors (Lipinski definition) is 5. The Labute approximate surface area is 278 Å². The Hall–Kier alpha value is -5.98. The van der Waals surface area contributed by atoms with Crippen molar-refractivity contribution >= 4 is 47.6 Å². The van der Waals surface area contributed by atoms with E-state index in [1.807, 2.05) is 123 Å². The lowest BCUT2D eigenvalue weighted by Crippen LogP contribution is -2.33. The first-order valence-corrected chi connectivity index (χ1v) is 15.6. The van der Waals surface area contributed by atoms with Crippen LogP contribution in [0.2, 0.25) is 0 Å². The molecule has 0 radical (unpaired) electrons. The van der Waals surface area contributed by atoms with E-state index >= 15 is 0 Å². The largest absolute Gasteiger partial charge is 0.369 e. The number of aryl methyl sites for hydroxylation is 2. The highest BCUT2D eigenvalue weighted by Gasteiger charge is 2.19. The molecule has 1 atom stereocenters. The zero-order valence-corrected chi connectivity index (χ0v) is 26.8. The maximum absolute atomic E-state index is 5.86. The highest BCUT2D eigenvalue weighted by atomic mass is 16.5. The number of rotatable bonds is 9. The van der Waals surface area contributed by atoms with Crippen molar-refractivity contribution in [2.24, 2.45) is 0 Å². The summed E-state index contributed by atoms with van der Waals surface area (Å²) in [5.74, 6) is 4.14. The van der Waals surface area contributed by atoms with E-state index in [2.05, 4.69) is 56.3 Å². The molecule has 4 aromatic heterocycles. The molecule has 242 valence electrons. The van der Waals surface area contributed by atoms with Crippen LogP contribution in [-0.2, 0) is 4.74 Å². The van der Waals surface area contributed by atoms with Crippen LogP contribution in [-0.4, -0.2) is 60.0 Å². The van der Waals surface area contributed by atoms with E-state index in [0.717, 1.165) is 52.9 Å². The van der Waals surface area contributed by atoms with E-state index in [1.165, 1.54) is 0 Å². The van der Waals surface area contributed by atoms with Gasteiger partial charge in [0.2, 0.25) is 0 Å². The lowest BCUT2D eigenvalue weighted by atomic mass is 10.2. The lowest BCUT2D eigenvalue weighted by molar-refractivity contribution is 0.0249. The van der Waals surface area contributed by atoms with E-state index < -0.39 is 0 Å². The van der Waals surface area contributed by atoms with Gasteiger partial charge in [0.25, 0.3) is 0 Å².